The highest BCUT2D eigenvalue weighted by Crippen LogP contribution is 2.28. The van der Waals surface area contributed by atoms with E-state index in [1.165, 1.54) is 42.0 Å². The van der Waals surface area contributed by atoms with Gasteiger partial charge in [-0.3, -0.25) is 4.98 Å². The van der Waals surface area contributed by atoms with Crippen molar-refractivity contribution in [3.8, 4) is 0 Å². The summed E-state index contributed by atoms with van der Waals surface area (Å²) in [6.07, 6.45) is 3.72. The molecule has 0 bridgehead atoms. The maximum absolute atomic E-state index is 13.1. The van der Waals surface area contributed by atoms with Gasteiger partial charge in [0.2, 0.25) is 0 Å². The van der Waals surface area contributed by atoms with Crippen LogP contribution in [0.25, 0.3) is 0 Å². The van der Waals surface area contributed by atoms with E-state index in [2.05, 4.69) is 52.6 Å². The van der Waals surface area contributed by atoms with Crippen molar-refractivity contribution in [3.05, 3.63) is 172 Å². The Hall–Kier alpha value is -4.39. The SMILES string of the molecule is C.C.CC(C)(C)c1c(F)cccc1F.CC(C)(C)c1cc(F)ccc1F.CC(C)(C)c1cccc(F)c1.CC(C)(C)c1ccccc1F.CC(C)(C)c1cccnc1. The number of pyridine rings is 1. The third-order valence-corrected chi connectivity index (χ3v) is 8.35. The number of rotatable bonds is 0. The topological polar surface area (TPSA) is 12.9 Å². The molecule has 1 heterocycles. The molecule has 0 fully saturated rings. The first-order chi connectivity index (χ1) is 25.5. The second kappa shape index (κ2) is 23.3. The van der Waals surface area contributed by atoms with Crippen LogP contribution in [-0.4, -0.2) is 4.98 Å². The Morgan fingerprint density at radius 3 is 1.12 bits per heavy atom. The van der Waals surface area contributed by atoms with Gasteiger partial charge in [-0.2, -0.15) is 0 Å². The molecule has 5 aromatic rings. The van der Waals surface area contributed by atoms with Crippen LogP contribution in [-0.2, 0) is 27.1 Å². The Morgan fingerprint density at radius 2 is 0.793 bits per heavy atom. The van der Waals surface area contributed by atoms with Crippen molar-refractivity contribution in [1.29, 1.82) is 0 Å². The summed E-state index contributed by atoms with van der Waals surface area (Å²) in [5, 5.41) is 0. The molecule has 0 aliphatic rings. The van der Waals surface area contributed by atoms with E-state index in [-0.39, 0.29) is 65.3 Å². The molecule has 322 valence electrons. The van der Waals surface area contributed by atoms with Crippen molar-refractivity contribution in [2.75, 3.05) is 0 Å². The van der Waals surface area contributed by atoms with Crippen molar-refractivity contribution in [3.63, 3.8) is 0 Å². The fraction of sp³-hybridized carbons (Fsp3) is 0.431. The van der Waals surface area contributed by atoms with E-state index in [1.807, 2.05) is 72.0 Å². The summed E-state index contributed by atoms with van der Waals surface area (Å²) in [4.78, 5) is 4.05. The zero-order valence-electron chi connectivity index (χ0n) is 36.1. The van der Waals surface area contributed by atoms with Crippen molar-refractivity contribution < 1.29 is 26.3 Å². The normalized spacial score (nSPS) is 11.3. The van der Waals surface area contributed by atoms with E-state index >= 15 is 0 Å². The Balaban J connectivity index is 0. The van der Waals surface area contributed by atoms with Gasteiger partial charge < -0.3 is 0 Å². The molecule has 5 rings (SSSR count). The summed E-state index contributed by atoms with van der Waals surface area (Å²) in [5.74, 6) is -1.94. The fourth-order valence-corrected chi connectivity index (χ4v) is 5.12. The predicted molar refractivity (Wildman–Crippen MR) is 237 cm³/mol. The van der Waals surface area contributed by atoms with Gasteiger partial charge in [-0.1, -0.05) is 161 Å². The molecule has 0 radical (unpaired) electrons. The standard InChI is InChI=1S/2C10H12F2.2C10H13F.C9H13N.2CH4/c1-10(2,3)8-6-7(11)4-5-9(8)12;1-10(2,3)9-7(11)5-4-6-8(9)12;1-10(2,3)8-5-4-6-9(11)7-8;1-10(2,3)8-6-4-5-7-9(8)11;1-9(2,3)8-5-4-6-10-7-8;;/h2*4-6H,1-3H3;2*4-7H,1-3H3;4-7H,1-3H3;2*1H4. The molecule has 0 saturated heterocycles. The number of aromatic nitrogens is 1. The van der Waals surface area contributed by atoms with E-state index in [0.717, 1.165) is 23.3 Å². The van der Waals surface area contributed by atoms with Crippen LogP contribution in [0.2, 0.25) is 0 Å². The summed E-state index contributed by atoms with van der Waals surface area (Å²) in [5.41, 5.74) is 3.04. The minimum atomic E-state index is -0.477. The van der Waals surface area contributed by atoms with Crippen LogP contribution in [0, 0.1) is 34.9 Å². The number of halogens is 6. The second-order valence-corrected chi connectivity index (χ2v) is 18.7. The number of benzene rings is 4. The molecule has 0 N–H and O–H groups in total. The lowest BCUT2D eigenvalue weighted by Crippen LogP contribution is -2.15. The molecule has 0 aliphatic carbocycles. The highest BCUT2D eigenvalue weighted by Gasteiger charge is 2.22. The monoisotopic (exact) mass is 812 g/mol. The van der Waals surface area contributed by atoms with Gasteiger partial charge in [0, 0.05) is 18.0 Å². The number of nitrogens with zero attached hydrogens (tertiary/aromatic N) is 1. The largest absolute Gasteiger partial charge is 0.264 e. The molecule has 0 saturated carbocycles. The Bertz CT molecular complexity index is 1900. The Labute approximate surface area is 348 Å². The molecule has 0 aliphatic heterocycles. The lowest BCUT2D eigenvalue weighted by Gasteiger charge is -2.20. The van der Waals surface area contributed by atoms with Gasteiger partial charge >= 0.3 is 0 Å². The van der Waals surface area contributed by atoms with E-state index < -0.39 is 17.0 Å². The van der Waals surface area contributed by atoms with Gasteiger partial charge in [0.05, 0.1) is 0 Å². The second-order valence-electron chi connectivity index (χ2n) is 18.7. The highest BCUT2D eigenvalue weighted by molar-refractivity contribution is 5.28. The average molecular weight is 812 g/mol. The predicted octanol–water partition coefficient (Wildman–Crippen LogP) is 16.4. The summed E-state index contributed by atoms with van der Waals surface area (Å²) in [7, 11) is 0. The summed E-state index contributed by atoms with van der Waals surface area (Å²) < 4.78 is 77.8. The van der Waals surface area contributed by atoms with Crippen molar-refractivity contribution in [2.24, 2.45) is 0 Å². The van der Waals surface area contributed by atoms with Crippen LogP contribution in [0.4, 0.5) is 26.3 Å². The van der Waals surface area contributed by atoms with E-state index in [9.17, 15) is 26.3 Å². The maximum atomic E-state index is 13.1. The van der Waals surface area contributed by atoms with Crippen LogP contribution in [0.5, 0.6) is 0 Å². The first kappa shape index (κ1) is 55.7. The first-order valence-corrected chi connectivity index (χ1v) is 18.8. The molecule has 1 aromatic heterocycles. The quantitative estimate of drug-likeness (QED) is 0.142. The zero-order valence-corrected chi connectivity index (χ0v) is 36.1. The van der Waals surface area contributed by atoms with Crippen LogP contribution >= 0.6 is 0 Å². The molecule has 1 nitrogen and oxygen atoms in total. The fourth-order valence-electron chi connectivity index (χ4n) is 5.12. The van der Waals surface area contributed by atoms with Gasteiger partial charge in [0.25, 0.3) is 0 Å². The lowest BCUT2D eigenvalue weighted by molar-refractivity contribution is 0.475. The molecule has 4 aromatic carbocycles. The minimum absolute atomic E-state index is 0. The number of hydrogen-bond acceptors (Lipinski definition) is 1. The molecule has 0 amide bonds. The molecule has 0 unspecified atom stereocenters. The summed E-state index contributed by atoms with van der Waals surface area (Å²) in [6, 6.07) is 25.2. The van der Waals surface area contributed by atoms with Gasteiger partial charge in [0.15, 0.2) is 0 Å². The van der Waals surface area contributed by atoms with Crippen molar-refractivity contribution in [2.45, 2.75) is 146 Å². The number of hydrogen-bond donors (Lipinski definition) is 0. The van der Waals surface area contributed by atoms with Crippen molar-refractivity contribution >= 4 is 0 Å². The van der Waals surface area contributed by atoms with Gasteiger partial charge in [-0.15, -0.1) is 0 Å². The molecule has 7 heteroatoms. The zero-order chi connectivity index (χ0) is 43.3. The van der Waals surface area contributed by atoms with Crippen molar-refractivity contribution in [1.82, 2.24) is 4.98 Å². The van der Waals surface area contributed by atoms with Crippen LogP contribution < -0.4 is 0 Å². The summed E-state index contributed by atoms with van der Waals surface area (Å²) in [6.45, 7) is 29.7. The Kier molecular flexibility index (Phi) is 22.3. The molecular formula is C51H71F6N. The molecule has 0 spiro atoms. The van der Waals surface area contributed by atoms with Crippen LogP contribution in [0.1, 0.15) is 147 Å². The van der Waals surface area contributed by atoms with Crippen LogP contribution in [0.3, 0.4) is 0 Å². The highest BCUT2D eigenvalue weighted by atomic mass is 19.2. The minimum Gasteiger partial charge on any atom is -0.264 e. The average Bonchev–Trinajstić information content (AvgIpc) is 3.05. The van der Waals surface area contributed by atoms with Crippen LogP contribution in [0.15, 0.2) is 109 Å². The first-order valence-electron chi connectivity index (χ1n) is 18.8. The van der Waals surface area contributed by atoms with Gasteiger partial charge in [-0.05, 0) is 104 Å². The van der Waals surface area contributed by atoms with E-state index in [0.29, 0.717) is 5.56 Å². The van der Waals surface area contributed by atoms with Gasteiger partial charge in [0.1, 0.15) is 34.9 Å². The Morgan fingerprint density at radius 1 is 0.362 bits per heavy atom. The third kappa shape index (κ3) is 19.8. The molecule has 0 atom stereocenters. The summed E-state index contributed by atoms with van der Waals surface area (Å²) >= 11 is 0. The third-order valence-electron chi connectivity index (χ3n) is 8.35. The van der Waals surface area contributed by atoms with E-state index in [1.54, 1.807) is 45.2 Å². The van der Waals surface area contributed by atoms with Gasteiger partial charge in [-0.25, -0.2) is 26.3 Å². The molecular weight excluding hydrogens is 741 g/mol. The lowest BCUT2D eigenvalue weighted by atomic mass is 9.86. The smallest absolute Gasteiger partial charge is 0.129 e. The van der Waals surface area contributed by atoms with E-state index in [4.69, 9.17) is 0 Å². The maximum Gasteiger partial charge on any atom is 0.129 e. The molecule has 58 heavy (non-hydrogen) atoms.